The number of carbonyl (C=O) groups is 2. The van der Waals surface area contributed by atoms with Crippen LogP contribution in [0.25, 0.3) is 6.08 Å². The Labute approximate surface area is 252 Å². The fourth-order valence-corrected chi connectivity index (χ4v) is 7.35. The van der Waals surface area contributed by atoms with E-state index in [0.717, 1.165) is 48.3 Å². The Bertz CT molecular complexity index is 1230. The van der Waals surface area contributed by atoms with Gasteiger partial charge in [-0.25, -0.2) is 0 Å². The van der Waals surface area contributed by atoms with Crippen molar-refractivity contribution in [3.63, 3.8) is 0 Å². The molecule has 214 valence electrons. The number of carbonyl (C=O) groups excluding carboxylic acids is 2. The molecule has 2 amide bonds. The molecule has 0 spiro atoms. The van der Waals surface area contributed by atoms with Crippen molar-refractivity contribution >= 4 is 58.5 Å². The highest BCUT2D eigenvalue weighted by Gasteiger charge is 2.26. The number of hydrogen-bond donors (Lipinski definition) is 1. The highest BCUT2D eigenvalue weighted by atomic mass is 35.5. The molecule has 0 unspecified atom stereocenters. The molecule has 1 N–H and O–H groups in total. The molecule has 0 saturated carbocycles. The van der Waals surface area contributed by atoms with Crippen molar-refractivity contribution in [2.24, 2.45) is 0 Å². The number of hydrogen-bond acceptors (Lipinski definition) is 5. The van der Waals surface area contributed by atoms with Gasteiger partial charge in [-0.3, -0.25) is 9.59 Å². The van der Waals surface area contributed by atoms with Crippen LogP contribution in [-0.2, 0) is 9.59 Å². The van der Waals surface area contributed by atoms with Crippen molar-refractivity contribution in [2.45, 2.75) is 60.8 Å². The average Bonchev–Trinajstić information content (AvgIpc) is 3.66. The maximum absolute atomic E-state index is 12.3. The van der Waals surface area contributed by atoms with Crippen molar-refractivity contribution < 1.29 is 9.59 Å². The summed E-state index contributed by atoms with van der Waals surface area (Å²) in [5.41, 5.74) is 1.95. The summed E-state index contributed by atoms with van der Waals surface area (Å²) in [4.78, 5) is 33.0. The first kappa shape index (κ1) is 29.3. The zero-order chi connectivity index (χ0) is 27.9. The normalized spacial score (nSPS) is 18.8. The van der Waals surface area contributed by atoms with Crippen molar-refractivity contribution in [3.05, 3.63) is 58.1 Å². The molecular weight excluding hydrogens is 563 g/mol. The molecule has 0 bridgehead atoms. The number of anilines is 1. The lowest BCUT2D eigenvalue weighted by Crippen LogP contribution is -2.43. The zero-order valence-corrected chi connectivity index (χ0v) is 25.2. The lowest BCUT2D eigenvalue weighted by atomic mass is 10.0. The quantitative estimate of drug-likeness (QED) is 0.254. The Morgan fingerprint density at radius 2 is 1.80 bits per heavy atom. The van der Waals surface area contributed by atoms with E-state index < -0.39 is 0 Å². The standard InChI is InChI=1S/C31H38Cl2N4O2S/c32-30-23(10-12-28(38)34-15-5-19-37-18-4-8-29(37)39)9-11-27(31(30)33)40-26-7-3-6-25(22-26)36-20-13-24(14-21-36)35-16-1-2-17-35/h3,6-7,9-12,22,24H,1-2,4-5,8,13-21H2,(H,34,38). The number of likely N-dealkylation sites (tertiary alicyclic amines) is 2. The van der Waals surface area contributed by atoms with Crippen LogP contribution in [0.1, 0.15) is 50.5 Å². The average molecular weight is 602 g/mol. The van der Waals surface area contributed by atoms with Gasteiger partial charge < -0.3 is 20.0 Å². The summed E-state index contributed by atoms with van der Waals surface area (Å²) in [6.07, 6.45) is 10.6. The second-order valence-corrected chi connectivity index (χ2v) is 12.7. The summed E-state index contributed by atoms with van der Waals surface area (Å²) in [5.74, 6) is 0.0136. The van der Waals surface area contributed by atoms with Crippen molar-refractivity contribution in [3.8, 4) is 0 Å². The van der Waals surface area contributed by atoms with E-state index in [9.17, 15) is 9.59 Å². The Hall–Kier alpha value is -2.19. The minimum atomic E-state index is -0.195. The van der Waals surface area contributed by atoms with E-state index in [1.54, 1.807) is 17.8 Å². The van der Waals surface area contributed by atoms with Crippen LogP contribution in [0.2, 0.25) is 10.0 Å². The van der Waals surface area contributed by atoms with Gasteiger partial charge in [-0.2, -0.15) is 0 Å². The molecule has 9 heteroatoms. The molecule has 3 heterocycles. The number of nitrogens with one attached hydrogen (secondary N) is 1. The van der Waals surface area contributed by atoms with Crippen LogP contribution in [0, 0.1) is 0 Å². The van der Waals surface area contributed by atoms with Crippen molar-refractivity contribution in [1.29, 1.82) is 0 Å². The van der Waals surface area contributed by atoms with Crippen LogP contribution in [0.15, 0.2) is 52.3 Å². The van der Waals surface area contributed by atoms with Crippen LogP contribution in [-0.4, -0.2) is 73.5 Å². The highest BCUT2D eigenvalue weighted by Crippen LogP contribution is 2.40. The number of piperidine rings is 1. The van der Waals surface area contributed by atoms with Gasteiger partial charge in [-0.15, -0.1) is 0 Å². The lowest BCUT2D eigenvalue weighted by molar-refractivity contribution is -0.127. The molecule has 6 nitrogen and oxygen atoms in total. The maximum atomic E-state index is 12.3. The van der Waals surface area contributed by atoms with E-state index in [1.807, 2.05) is 17.0 Å². The largest absolute Gasteiger partial charge is 0.371 e. The number of nitrogens with zero attached hydrogens (tertiary/aromatic N) is 3. The summed E-state index contributed by atoms with van der Waals surface area (Å²) in [5, 5.41) is 3.79. The van der Waals surface area contributed by atoms with Crippen LogP contribution >= 0.6 is 35.0 Å². The molecule has 0 atom stereocenters. The van der Waals surface area contributed by atoms with Gasteiger partial charge >= 0.3 is 0 Å². The topological polar surface area (TPSA) is 55.9 Å². The Kier molecular flexibility index (Phi) is 10.3. The van der Waals surface area contributed by atoms with E-state index in [2.05, 4.69) is 39.4 Å². The second-order valence-electron chi connectivity index (χ2n) is 10.8. The van der Waals surface area contributed by atoms with E-state index in [4.69, 9.17) is 23.2 Å². The minimum absolute atomic E-state index is 0.195. The number of amides is 2. The third-order valence-electron chi connectivity index (χ3n) is 8.10. The van der Waals surface area contributed by atoms with Gasteiger partial charge in [0.1, 0.15) is 0 Å². The highest BCUT2D eigenvalue weighted by molar-refractivity contribution is 7.99. The smallest absolute Gasteiger partial charge is 0.244 e. The van der Waals surface area contributed by atoms with Crippen LogP contribution in [0.5, 0.6) is 0 Å². The first-order valence-electron chi connectivity index (χ1n) is 14.5. The molecule has 3 fully saturated rings. The molecule has 3 saturated heterocycles. The first-order valence-corrected chi connectivity index (χ1v) is 16.0. The van der Waals surface area contributed by atoms with Crippen molar-refractivity contribution in [1.82, 2.24) is 15.1 Å². The number of benzene rings is 2. The van der Waals surface area contributed by atoms with E-state index >= 15 is 0 Å². The van der Waals surface area contributed by atoms with Gasteiger partial charge in [0.15, 0.2) is 0 Å². The fraction of sp³-hybridized carbons (Fsp3) is 0.484. The Balaban J connectivity index is 1.12. The van der Waals surface area contributed by atoms with Crippen LogP contribution in [0.3, 0.4) is 0 Å². The lowest BCUT2D eigenvalue weighted by Gasteiger charge is -2.38. The molecule has 0 aromatic heterocycles. The molecule has 2 aromatic rings. The van der Waals surface area contributed by atoms with Gasteiger partial charge in [0.2, 0.25) is 11.8 Å². The van der Waals surface area contributed by atoms with Crippen LogP contribution in [0.4, 0.5) is 5.69 Å². The maximum Gasteiger partial charge on any atom is 0.244 e. The zero-order valence-electron chi connectivity index (χ0n) is 22.9. The molecule has 5 rings (SSSR count). The van der Waals surface area contributed by atoms with Gasteiger partial charge in [0.05, 0.1) is 10.0 Å². The molecule has 0 radical (unpaired) electrons. The summed E-state index contributed by atoms with van der Waals surface area (Å²) in [6.45, 7) is 6.75. The molecule has 40 heavy (non-hydrogen) atoms. The first-order chi connectivity index (χ1) is 19.5. The third-order valence-corrected chi connectivity index (χ3v) is 10.2. The number of halogens is 2. The Morgan fingerprint density at radius 1 is 1.00 bits per heavy atom. The van der Waals surface area contributed by atoms with Crippen molar-refractivity contribution in [2.75, 3.05) is 50.7 Å². The summed E-state index contributed by atoms with van der Waals surface area (Å²) in [6, 6.07) is 13.2. The second kappa shape index (κ2) is 14.1. The summed E-state index contributed by atoms with van der Waals surface area (Å²) >= 11 is 14.9. The van der Waals surface area contributed by atoms with Gasteiger partial charge in [-0.1, -0.05) is 47.1 Å². The van der Waals surface area contributed by atoms with Gasteiger partial charge in [0.25, 0.3) is 0 Å². The van der Waals surface area contributed by atoms with E-state index in [1.165, 1.54) is 50.5 Å². The van der Waals surface area contributed by atoms with E-state index in [0.29, 0.717) is 35.1 Å². The fourth-order valence-electron chi connectivity index (χ4n) is 5.87. The molecule has 3 aliphatic rings. The summed E-state index contributed by atoms with van der Waals surface area (Å²) in [7, 11) is 0. The molecule has 3 aliphatic heterocycles. The number of rotatable bonds is 10. The molecular formula is C31H38Cl2N4O2S. The van der Waals surface area contributed by atoms with Gasteiger partial charge in [0, 0.05) is 66.7 Å². The van der Waals surface area contributed by atoms with Crippen LogP contribution < -0.4 is 10.2 Å². The molecule has 2 aromatic carbocycles. The minimum Gasteiger partial charge on any atom is -0.371 e. The van der Waals surface area contributed by atoms with E-state index in [-0.39, 0.29) is 11.8 Å². The summed E-state index contributed by atoms with van der Waals surface area (Å²) < 4.78 is 0. The SMILES string of the molecule is O=C(C=Cc1ccc(Sc2cccc(N3CCC(N4CCCC4)CC3)c2)c(Cl)c1Cl)NCCCN1CCCC1=O. The predicted octanol–water partition coefficient (Wildman–Crippen LogP) is 6.35. The Morgan fingerprint density at radius 3 is 2.55 bits per heavy atom. The molecule has 0 aliphatic carbocycles. The monoisotopic (exact) mass is 600 g/mol. The predicted molar refractivity (Wildman–Crippen MR) is 166 cm³/mol. The third kappa shape index (κ3) is 7.55. The van der Waals surface area contributed by atoms with Gasteiger partial charge in [-0.05, 0) is 87.5 Å².